The lowest BCUT2D eigenvalue weighted by Crippen LogP contribution is -1.73. The molecule has 0 atom stereocenters. The summed E-state index contributed by atoms with van der Waals surface area (Å²) in [4.78, 5) is 3.24. The topological polar surface area (TPSA) is 15.8 Å². The minimum Gasteiger partial charge on any atom is -0.349 e. The summed E-state index contributed by atoms with van der Waals surface area (Å²) in [7, 11) is 0. The molecule has 0 fully saturated rings. The van der Waals surface area contributed by atoms with Crippen LogP contribution in [0.1, 0.15) is 5.56 Å². The highest BCUT2D eigenvalue weighted by Crippen LogP contribution is 2.21. The molecule has 2 rings (SSSR count). The van der Waals surface area contributed by atoms with Gasteiger partial charge in [-0.05, 0) is 34.5 Å². The number of benzene rings is 1. The van der Waals surface area contributed by atoms with E-state index in [1.165, 1.54) is 16.5 Å². The Morgan fingerprint density at radius 2 is 2.18 bits per heavy atom. The molecule has 0 radical (unpaired) electrons. The molecule has 1 aromatic carbocycles. The molecule has 0 spiro atoms. The van der Waals surface area contributed by atoms with E-state index < -0.39 is 0 Å². The quantitative estimate of drug-likeness (QED) is 0.686. The summed E-state index contributed by atoms with van der Waals surface area (Å²) in [5, 5.41) is 1.26. The maximum atomic E-state index is 3.40. The highest BCUT2D eigenvalue weighted by atomic mass is 79.9. The first-order valence-electron chi connectivity index (χ1n) is 3.51. The molecule has 1 aromatic heterocycles. The number of halogens is 1. The van der Waals surface area contributed by atoms with Crippen molar-refractivity contribution in [3.05, 3.63) is 34.4 Å². The van der Waals surface area contributed by atoms with E-state index in [1.54, 1.807) is 0 Å². The lowest BCUT2D eigenvalue weighted by molar-refractivity contribution is 1.38. The van der Waals surface area contributed by atoms with Crippen LogP contribution in [0.4, 0.5) is 0 Å². The Morgan fingerprint density at radius 1 is 1.36 bits per heavy atom. The van der Waals surface area contributed by atoms with E-state index in [0.717, 1.165) is 4.60 Å². The molecule has 1 nitrogen and oxygen atoms in total. The van der Waals surface area contributed by atoms with E-state index in [0.29, 0.717) is 0 Å². The van der Waals surface area contributed by atoms with Crippen LogP contribution in [0.3, 0.4) is 0 Å². The third-order valence-corrected chi connectivity index (χ3v) is 2.26. The molecule has 56 valence electrons. The van der Waals surface area contributed by atoms with Gasteiger partial charge < -0.3 is 4.98 Å². The lowest BCUT2D eigenvalue weighted by Gasteiger charge is -1.92. The van der Waals surface area contributed by atoms with Crippen LogP contribution < -0.4 is 0 Å². The van der Waals surface area contributed by atoms with Crippen molar-refractivity contribution in [3.63, 3.8) is 0 Å². The average Bonchev–Trinajstić information content (AvgIpc) is 2.31. The van der Waals surface area contributed by atoms with E-state index in [9.17, 15) is 0 Å². The Labute approximate surface area is 73.6 Å². The molecule has 11 heavy (non-hydrogen) atoms. The number of hydrogen-bond donors (Lipinski definition) is 1. The largest absolute Gasteiger partial charge is 0.349 e. The molecule has 0 saturated carbocycles. The zero-order chi connectivity index (χ0) is 7.84. The molecule has 2 heteroatoms. The molecule has 0 amide bonds. The second-order valence-electron chi connectivity index (χ2n) is 2.66. The summed E-state index contributed by atoms with van der Waals surface area (Å²) in [6.07, 6.45) is 0. The maximum Gasteiger partial charge on any atom is 0.0831 e. The highest BCUT2D eigenvalue weighted by Gasteiger charge is 1.98. The zero-order valence-electron chi connectivity index (χ0n) is 6.19. The van der Waals surface area contributed by atoms with Gasteiger partial charge in [0.05, 0.1) is 4.60 Å². The Kier molecular flexibility index (Phi) is 1.50. The number of para-hydroxylation sites is 1. The second-order valence-corrected chi connectivity index (χ2v) is 3.51. The maximum absolute atomic E-state index is 3.40. The summed E-state index contributed by atoms with van der Waals surface area (Å²) in [6.45, 7) is 2.10. The van der Waals surface area contributed by atoms with Gasteiger partial charge in [-0.25, -0.2) is 0 Å². The Balaban J connectivity index is 2.90. The Bertz CT molecular complexity index is 389. The fourth-order valence-corrected chi connectivity index (χ4v) is 1.72. The standard InChI is InChI=1S/C9H8BrN/c1-6-3-2-4-7-5-8(10)11-9(6)7/h2-5,11H,1H3. The number of aromatic amines is 1. The number of H-pyrrole nitrogens is 1. The predicted molar refractivity (Wildman–Crippen MR) is 50.7 cm³/mol. The van der Waals surface area contributed by atoms with Crippen LogP contribution in [-0.2, 0) is 0 Å². The van der Waals surface area contributed by atoms with Crippen LogP contribution in [0.2, 0.25) is 0 Å². The van der Waals surface area contributed by atoms with Crippen molar-refractivity contribution < 1.29 is 0 Å². The van der Waals surface area contributed by atoms with Crippen molar-refractivity contribution in [1.29, 1.82) is 0 Å². The fourth-order valence-electron chi connectivity index (χ4n) is 1.27. The van der Waals surface area contributed by atoms with Gasteiger partial charge in [-0.2, -0.15) is 0 Å². The van der Waals surface area contributed by atoms with E-state index in [1.807, 2.05) is 0 Å². The van der Waals surface area contributed by atoms with Crippen LogP contribution >= 0.6 is 15.9 Å². The van der Waals surface area contributed by atoms with Crippen molar-refractivity contribution in [2.75, 3.05) is 0 Å². The normalized spacial score (nSPS) is 10.7. The summed E-state index contributed by atoms with van der Waals surface area (Å²) in [5.41, 5.74) is 2.51. The summed E-state index contributed by atoms with van der Waals surface area (Å²) in [6, 6.07) is 8.36. The molecule has 0 unspecified atom stereocenters. The lowest BCUT2D eigenvalue weighted by atomic mass is 10.2. The highest BCUT2D eigenvalue weighted by molar-refractivity contribution is 9.10. The minimum atomic E-state index is 1.04. The van der Waals surface area contributed by atoms with E-state index in [2.05, 4.69) is 52.1 Å². The van der Waals surface area contributed by atoms with Gasteiger partial charge in [0, 0.05) is 10.9 Å². The number of rotatable bonds is 0. The van der Waals surface area contributed by atoms with Crippen molar-refractivity contribution >= 4 is 26.8 Å². The summed E-state index contributed by atoms with van der Waals surface area (Å²) < 4.78 is 1.04. The Morgan fingerprint density at radius 3 is 2.91 bits per heavy atom. The van der Waals surface area contributed by atoms with Gasteiger partial charge in [-0.1, -0.05) is 18.2 Å². The van der Waals surface area contributed by atoms with Gasteiger partial charge in [-0.15, -0.1) is 0 Å². The second kappa shape index (κ2) is 2.38. The van der Waals surface area contributed by atoms with Crippen molar-refractivity contribution in [1.82, 2.24) is 4.98 Å². The van der Waals surface area contributed by atoms with Gasteiger partial charge >= 0.3 is 0 Å². The summed E-state index contributed by atoms with van der Waals surface area (Å²) in [5.74, 6) is 0. The molecule has 0 saturated heterocycles. The first kappa shape index (κ1) is 6.92. The predicted octanol–water partition coefficient (Wildman–Crippen LogP) is 3.24. The molecule has 0 bridgehead atoms. The van der Waals surface area contributed by atoms with Gasteiger partial charge in [0.2, 0.25) is 0 Å². The molecule has 0 aliphatic carbocycles. The van der Waals surface area contributed by atoms with Crippen molar-refractivity contribution in [3.8, 4) is 0 Å². The number of hydrogen-bond acceptors (Lipinski definition) is 0. The van der Waals surface area contributed by atoms with Crippen LogP contribution in [0.25, 0.3) is 10.9 Å². The van der Waals surface area contributed by atoms with Crippen LogP contribution in [0.5, 0.6) is 0 Å². The van der Waals surface area contributed by atoms with Crippen LogP contribution in [-0.4, -0.2) is 4.98 Å². The van der Waals surface area contributed by atoms with Gasteiger partial charge in [0.1, 0.15) is 0 Å². The van der Waals surface area contributed by atoms with Crippen LogP contribution in [0.15, 0.2) is 28.9 Å². The average molecular weight is 210 g/mol. The number of aryl methyl sites for hydroxylation is 1. The van der Waals surface area contributed by atoms with Gasteiger partial charge in [0.15, 0.2) is 0 Å². The monoisotopic (exact) mass is 209 g/mol. The molecule has 1 N–H and O–H groups in total. The zero-order valence-corrected chi connectivity index (χ0v) is 7.77. The van der Waals surface area contributed by atoms with E-state index in [4.69, 9.17) is 0 Å². The third-order valence-electron chi connectivity index (χ3n) is 1.83. The molecular formula is C9H8BrN. The molecule has 0 aliphatic rings. The smallest absolute Gasteiger partial charge is 0.0831 e. The molecule has 0 aliphatic heterocycles. The molecule has 1 heterocycles. The molecular weight excluding hydrogens is 202 g/mol. The van der Waals surface area contributed by atoms with E-state index >= 15 is 0 Å². The van der Waals surface area contributed by atoms with Crippen molar-refractivity contribution in [2.45, 2.75) is 6.92 Å². The van der Waals surface area contributed by atoms with Gasteiger partial charge in [0.25, 0.3) is 0 Å². The minimum absolute atomic E-state index is 1.04. The summed E-state index contributed by atoms with van der Waals surface area (Å²) >= 11 is 3.40. The first-order chi connectivity index (χ1) is 5.27. The van der Waals surface area contributed by atoms with Crippen molar-refractivity contribution in [2.24, 2.45) is 0 Å². The third kappa shape index (κ3) is 1.07. The first-order valence-corrected chi connectivity index (χ1v) is 4.30. The van der Waals surface area contributed by atoms with Crippen LogP contribution in [0, 0.1) is 6.92 Å². The van der Waals surface area contributed by atoms with Gasteiger partial charge in [-0.3, -0.25) is 0 Å². The number of nitrogens with one attached hydrogen (secondary N) is 1. The fraction of sp³-hybridized carbons (Fsp3) is 0.111. The Hall–Kier alpha value is -0.760. The number of fused-ring (bicyclic) bond motifs is 1. The number of aromatic nitrogens is 1. The van der Waals surface area contributed by atoms with E-state index in [-0.39, 0.29) is 0 Å². The SMILES string of the molecule is Cc1cccc2cc(Br)[nH]c12. The molecule has 2 aromatic rings.